The van der Waals surface area contributed by atoms with E-state index in [0.29, 0.717) is 11.4 Å². The van der Waals surface area contributed by atoms with E-state index in [0.717, 1.165) is 37.3 Å². The Morgan fingerprint density at radius 3 is 2.86 bits per heavy atom. The molecule has 11 heteroatoms. The first kappa shape index (κ1) is 26.6. The van der Waals surface area contributed by atoms with Crippen LogP contribution in [0.1, 0.15) is 48.3 Å². The summed E-state index contributed by atoms with van der Waals surface area (Å²) in [5.41, 5.74) is 0.233. The molecular weight excluding hydrogens is 503 g/mol. The molecule has 9 nitrogen and oxygen atoms in total. The van der Waals surface area contributed by atoms with E-state index in [1.54, 1.807) is 24.3 Å². The van der Waals surface area contributed by atoms with Gasteiger partial charge in [0.15, 0.2) is 17.4 Å². The fourth-order valence-electron chi connectivity index (χ4n) is 4.62. The van der Waals surface area contributed by atoms with Gasteiger partial charge in [-0.25, -0.2) is 9.37 Å². The second-order valence-corrected chi connectivity index (χ2v) is 9.53. The minimum absolute atomic E-state index is 0.0109. The lowest BCUT2D eigenvalue weighted by Crippen LogP contribution is -2.40. The monoisotopic (exact) mass is 530 g/mol. The maximum Gasteiger partial charge on any atom is 0.287 e. The Balaban J connectivity index is 1.42. The molecule has 2 atom stereocenters. The van der Waals surface area contributed by atoms with Crippen molar-refractivity contribution in [3.05, 3.63) is 69.0 Å². The summed E-state index contributed by atoms with van der Waals surface area (Å²) in [6.45, 7) is -0.189. The third-order valence-corrected chi connectivity index (χ3v) is 6.64. The van der Waals surface area contributed by atoms with Crippen LogP contribution in [0.5, 0.6) is 5.75 Å². The van der Waals surface area contributed by atoms with Crippen LogP contribution in [-0.2, 0) is 11.3 Å². The number of H-pyrrole nitrogens is 1. The average molecular weight is 531 g/mol. The van der Waals surface area contributed by atoms with E-state index in [4.69, 9.17) is 21.4 Å². The normalized spacial score (nSPS) is 17.4. The molecule has 2 amide bonds. The Labute approximate surface area is 217 Å². The highest BCUT2D eigenvalue weighted by molar-refractivity contribution is 6.30. The first-order valence-electron chi connectivity index (χ1n) is 12.1. The van der Waals surface area contributed by atoms with Crippen LogP contribution in [-0.4, -0.2) is 46.1 Å². The summed E-state index contributed by atoms with van der Waals surface area (Å²) in [6.07, 6.45) is 4.06. The van der Waals surface area contributed by atoms with Gasteiger partial charge in [-0.05, 0) is 55.0 Å². The summed E-state index contributed by atoms with van der Waals surface area (Å²) in [6, 6.07) is 9.46. The third kappa shape index (κ3) is 6.84. The van der Waals surface area contributed by atoms with Crippen LogP contribution in [0.25, 0.3) is 10.9 Å². The highest BCUT2D eigenvalue weighted by Gasteiger charge is 2.24. The highest BCUT2D eigenvalue weighted by atomic mass is 35.5. The first-order chi connectivity index (χ1) is 17.8. The van der Waals surface area contributed by atoms with E-state index in [1.807, 2.05) is 0 Å². The summed E-state index contributed by atoms with van der Waals surface area (Å²) in [5.74, 6) is -1.85. The summed E-state index contributed by atoms with van der Waals surface area (Å²) in [4.78, 5) is 43.5. The molecule has 37 heavy (non-hydrogen) atoms. The molecule has 1 saturated carbocycles. The average Bonchev–Trinajstić information content (AvgIpc) is 2.88. The predicted molar refractivity (Wildman–Crippen MR) is 136 cm³/mol. The number of benzene rings is 2. The molecule has 0 aliphatic heterocycles. The largest absolute Gasteiger partial charge is 0.490 e. The number of fused-ring (bicyclic) bond motifs is 1. The molecule has 0 radical (unpaired) electrons. The van der Waals surface area contributed by atoms with Crippen molar-refractivity contribution >= 4 is 34.3 Å². The van der Waals surface area contributed by atoms with Gasteiger partial charge in [-0.1, -0.05) is 36.6 Å². The lowest BCUT2D eigenvalue weighted by atomic mass is 9.84. The molecule has 4 rings (SSSR count). The van der Waals surface area contributed by atoms with Crippen molar-refractivity contribution in [2.24, 2.45) is 5.92 Å². The number of carbonyl (C=O) groups excluding carboxylic acids is 2. The van der Waals surface area contributed by atoms with E-state index in [9.17, 15) is 18.8 Å². The summed E-state index contributed by atoms with van der Waals surface area (Å²) in [7, 11) is 0. The molecule has 196 valence electrons. The quantitative estimate of drug-likeness (QED) is 0.336. The molecule has 4 N–H and O–H groups in total. The maximum atomic E-state index is 14.6. The smallest absolute Gasteiger partial charge is 0.287 e. The van der Waals surface area contributed by atoms with Crippen molar-refractivity contribution in [1.82, 2.24) is 20.6 Å². The topological polar surface area (TPSA) is 133 Å². The number of nitrogens with one attached hydrogen (secondary N) is 3. The second kappa shape index (κ2) is 12.2. The van der Waals surface area contributed by atoms with Gasteiger partial charge in [0.1, 0.15) is 12.0 Å². The Morgan fingerprint density at radius 2 is 2.08 bits per heavy atom. The van der Waals surface area contributed by atoms with Crippen LogP contribution < -0.4 is 20.9 Å². The number of aromatic nitrogens is 2. The van der Waals surface area contributed by atoms with Gasteiger partial charge in [0.25, 0.3) is 11.5 Å². The molecule has 1 aliphatic rings. The summed E-state index contributed by atoms with van der Waals surface area (Å²) < 4.78 is 20.4. The number of aromatic amines is 1. The van der Waals surface area contributed by atoms with Crippen molar-refractivity contribution in [3.63, 3.8) is 0 Å². The zero-order valence-electron chi connectivity index (χ0n) is 20.1. The lowest BCUT2D eigenvalue weighted by molar-refractivity contribution is -0.124. The Hall–Kier alpha value is -3.50. The van der Waals surface area contributed by atoms with Gasteiger partial charge >= 0.3 is 0 Å². The number of hydrogen-bond donors (Lipinski definition) is 4. The number of aliphatic hydroxyl groups is 1. The van der Waals surface area contributed by atoms with E-state index < -0.39 is 29.8 Å². The van der Waals surface area contributed by atoms with Crippen LogP contribution in [0.4, 0.5) is 4.39 Å². The molecular formula is C26H28ClFN4O5. The van der Waals surface area contributed by atoms with Crippen molar-refractivity contribution in [1.29, 1.82) is 0 Å². The van der Waals surface area contributed by atoms with Gasteiger partial charge in [0.05, 0.1) is 12.1 Å². The number of carbonyl (C=O) groups is 2. The summed E-state index contributed by atoms with van der Waals surface area (Å²) in [5, 5.41) is 14.9. The van der Waals surface area contributed by atoms with Gasteiger partial charge in [0, 0.05) is 17.6 Å². The molecule has 3 aromatic rings. The second-order valence-electron chi connectivity index (χ2n) is 9.09. The molecule has 1 aromatic heterocycles. The molecule has 0 spiro atoms. The Kier molecular flexibility index (Phi) is 8.73. The molecule has 0 saturated heterocycles. The van der Waals surface area contributed by atoms with Crippen LogP contribution in [0, 0.1) is 11.7 Å². The van der Waals surface area contributed by atoms with Crippen molar-refractivity contribution < 1.29 is 23.8 Å². The zero-order chi connectivity index (χ0) is 26.4. The van der Waals surface area contributed by atoms with Crippen LogP contribution >= 0.6 is 11.6 Å². The summed E-state index contributed by atoms with van der Waals surface area (Å²) >= 11 is 5.96. The number of aliphatic hydroxyl groups excluding tert-OH is 1. The molecule has 1 aliphatic carbocycles. The Morgan fingerprint density at radius 1 is 1.24 bits per heavy atom. The van der Waals surface area contributed by atoms with Crippen molar-refractivity contribution in [2.75, 3.05) is 13.2 Å². The van der Waals surface area contributed by atoms with Gasteiger partial charge in [-0.2, -0.15) is 0 Å². The third-order valence-electron chi connectivity index (χ3n) is 6.40. The number of rotatable bonds is 9. The van der Waals surface area contributed by atoms with E-state index in [1.165, 1.54) is 6.07 Å². The van der Waals surface area contributed by atoms with Gasteiger partial charge in [0.2, 0.25) is 5.91 Å². The molecule has 2 aromatic carbocycles. The SMILES string of the molecule is O=C(CO)NC1CCCC(CCOc2c(F)ccc3nc(C(=O)NCc4cccc(Cl)c4)[nH]c(=O)c23)C1. The lowest BCUT2D eigenvalue weighted by Gasteiger charge is -2.29. The van der Waals surface area contributed by atoms with Gasteiger partial charge < -0.3 is 25.5 Å². The Bertz CT molecular complexity index is 1350. The minimum atomic E-state index is -0.699. The molecule has 1 heterocycles. The molecule has 0 bridgehead atoms. The van der Waals surface area contributed by atoms with Crippen LogP contribution in [0.2, 0.25) is 5.02 Å². The molecule has 2 unspecified atom stereocenters. The number of hydrogen-bond acceptors (Lipinski definition) is 6. The minimum Gasteiger partial charge on any atom is -0.490 e. The number of nitrogens with zero attached hydrogens (tertiary/aromatic N) is 1. The number of halogens is 2. The van der Waals surface area contributed by atoms with Gasteiger partial charge in [-0.15, -0.1) is 0 Å². The standard InChI is InChI=1S/C26H28ClFN4O5/c27-17-5-1-4-16(11-17)13-29-26(36)24-31-20-8-7-19(28)23(22(20)25(35)32-24)37-10-9-15-3-2-6-18(12-15)30-21(34)14-33/h1,4-5,7-8,11,15,18,33H,2-3,6,9-10,12-14H2,(H,29,36)(H,30,34)(H,31,32,35). The highest BCUT2D eigenvalue weighted by Crippen LogP contribution is 2.29. The zero-order valence-corrected chi connectivity index (χ0v) is 20.8. The maximum absolute atomic E-state index is 14.6. The predicted octanol–water partition coefficient (Wildman–Crippen LogP) is 3.08. The number of amides is 2. The fourth-order valence-corrected chi connectivity index (χ4v) is 4.84. The van der Waals surface area contributed by atoms with Crippen LogP contribution in [0.3, 0.4) is 0 Å². The number of ether oxygens (including phenoxy) is 1. The van der Waals surface area contributed by atoms with E-state index >= 15 is 0 Å². The van der Waals surface area contributed by atoms with Gasteiger partial charge in [-0.3, -0.25) is 14.4 Å². The van der Waals surface area contributed by atoms with E-state index in [2.05, 4.69) is 20.6 Å². The van der Waals surface area contributed by atoms with Crippen LogP contribution in [0.15, 0.2) is 41.2 Å². The first-order valence-corrected chi connectivity index (χ1v) is 12.5. The van der Waals surface area contributed by atoms with Crippen molar-refractivity contribution in [3.8, 4) is 5.75 Å². The van der Waals surface area contributed by atoms with Crippen molar-refractivity contribution in [2.45, 2.75) is 44.7 Å². The fraction of sp³-hybridized carbons (Fsp3) is 0.385. The van der Waals surface area contributed by atoms with E-state index in [-0.39, 0.29) is 47.6 Å². The molecule has 1 fully saturated rings.